The SMILES string of the molecule is CO[C@H]1CCC[C@@H]1OC(=O)Cc1ccc(-n2cnnn2)cc1. The van der Waals surface area contributed by atoms with Gasteiger partial charge in [-0.1, -0.05) is 12.1 Å². The standard InChI is InChI=1S/C15H18N4O3/c1-21-13-3-2-4-14(13)22-15(20)9-11-5-7-12(8-6-11)19-10-16-17-18-19/h5-8,10,13-14H,2-4,9H2,1H3/t13-,14-/m0/s1. The molecule has 2 atom stereocenters. The number of carbonyl (C=O) groups excluding carboxylic acids is 1. The fraction of sp³-hybridized carbons (Fsp3) is 0.467. The molecule has 0 radical (unpaired) electrons. The monoisotopic (exact) mass is 302 g/mol. The van der Waals surface area contributed by atoms with Crippen LogP contribution in [0.2, 0.25) is 0 Å². The lowest BCUT2D eigenvalue weighted by Gasteiger charge is -2.18. The first-order valence-corrected chi connectivity index (χ1v) is 7.31. The number of rotatable bonds is 5. The predicted molar refractivity (Wildman–Crippen MR) is 77.4 cm³/mol. The van der Waals surface area contributed by atoms with Crippen LogP contribution in [0, 0.1) is 0 Å². The van der Waals surface area contributed by atoms with Crippen molar-refractivity contribution in [2.45, 2.75) is 37.9 Å². The van der Waals surface area contributed by atoms with Gasteiger partial charge in [0.2, 0.25) is 0 Å². The number of aromatic nitrogens is 4. The summed E-state index contributed by atoms with van der Waals surface area (Å²) in [7, 11) is 1.66. The number of esters is 1. The van der Waals surface area contributed by atoms with Gasteiger partial charge in [-0.3, -0.25) is 4.79 Å². The van der Waals surface area contributed by atoms with E-state index in [0.717, 1.165) is 30.5 Å². The highest BCUT2D eigenvalue weighted by Gasteiger charge is 2.30. The first-order chi connectivity index (χ1) is 10.8. The molecule has 0 spiro atoms. The summed E-state index contributed by atoms with van der Waals surface area (Å²) in [6, 6.07) is 7.49. The van der Waals surface area contributed by atoms with Crippen LogP contribution >= 0.6 is 0 Å². The van der Waals surface area contributed by atoms with E-state index < -0.39 is 0 Å². The lowest BCUT2D eigenvalue weighted by Crippen LogP contribution is -2.28. The molecule has 3 rings (SSSR count). The molecule has 7 nitrogen and oxygen atoms in total. The zero-order valence-corrected chi connectivity index (χ0v) is 12.4. The van der Waals surface area contributed by atoms with Gasteiger partial charge in [-0.25, -0.2) is 4.68 Å². The third-order valence-electron chi connectivity index (χ3n) is 3.88. The molecule has 1 aromatic carbocycles. The molecular weight excluding hydrogens is 284 g/mol. The van der Waals surface area contributed by atoms with Gasteiger partial charge in [0.15, 0.2) is 0 Å². The quantitative estimate of drug-likeness (QED) is 0.775. The summed E-state index contributed by atoms with van der Waals surface area (Å²) in [5.74, 6) is -0.218. The summed E-state index contributed by atoms with van der Waals surface area (Å²) in [4.78, 5) is 12.0. The molecule has 0 amide bonds. The van der Waals surface area contributed by atoms with Crippen molar-refractivity contribution >= 4 is 5.97 Å². The van der Waals surface area contributed by atoms with Gasteiger partial charge in [-0.2, -0.15) is 0 Å². The van der Waals surface area contributed by atoms with E-state index in [1.165, 1.54) is 6.33 Å². The highest BCUT2D eigenvalue weighted by atomic mass is 16.6. The third-order valence-corrected chi connectivity index (χ3v) is 3.88. The van der Waals surface area contributed by atoms with Crippen LogP contribution in [-0.2, 0) is 20.7 Å². The van der Waals surface area contributed by atoms with Crippen LogP contribution in [0.1, 0.15) is 24.8 Å². The van der Waals surface area contributed by atoms with Gasteiger partial charge < -0.3 is 9.47 Å². The summed E-state index contributed by atoms with van der Waals surface area (Å²) in [5, 5.41) is 11.0. The van der Waals surface area contributed by atoms with Crippen molar-refractivity contribution in [2.75, 3.05) is 7.11 Å². The van der Waals surface area contributed by atoms with Crippen molar-refractivity contribution in [3.8, 4) is 5.69 Å². The average Bonchev–Trinajstić information content (AvgIpc) is 3.19. The lowest BCUT2D eigenvalue weighted by molar-refractivity contribution is -0.153. The number of tetrazole rings is 1. The number of benzene rings is 1. The van der Waals surface area contributed by atoms with E-state index >= 15 is 0 Å². The second-order valence-corrected chi connectivity index (χ2v) is 5.33. The Labute approximate surface area is 128 Å². The first kappa shape index (κ1) is 14.6. The highest BCUT2D eigenvalue weighted by Crippen LogP contribution is 2.24. The molecule has 22 heavy (non-hydrogen) atoms. The molecule has 7 heteroatoms. The van der Waals surface area contributed by atoms with Crippen LogP contribution in [0.3, 0.4) is 0 Å². The van der Waals surface area contributed by atoms with E-state index in [0.29, 0.717) is 0 Å². The van der Waals surface area contributed by atoms with Crippen molar-refractivity contribution in [1.29, 1.82) is 0 Å². The van der Waals surface area contributed by atoms with Gasteiger partial charge in [0, 0.05) is 7.11 Å². The fourth-order valence-corrected chi connectivity index (χ4v) is 2.72. The minimum Gasteiger partial charge on any atom is -0.459 e. The second kappa shape index (κ2) is 6.65. The molecule has 1 heterocycles. The number of nitrogens with zero attached hydrogens (tertiary/aromatic N) is 4. The molecule has 0 saturated heterocycles. The Balaban J connectivity index is 1.57. The molecule has 1 aromatic heterocycles. The fourth-order valence-electron chi connectivity index (χ4n) is 2.72. The van der Waals surface area contributed by atoms with E-state index in [1.54, 1.807) is 11.8 Å². The molecule has 0 N–H and O–H groups in total. The van der Waals surface area contributed by atoms with Crippen LogP contribution in [0.15, 0.2) is 30.6 Å². The van der Waals surface area contributed by atoms with Crippen molar-refractivity contribution in [3.05, 3.63) is 36.2 Å². The summed E-state index contributed by atoms with van der Waals surface area (Å²) in [6.45, 7) is 0. The van der Waals surface area contributed by atoms with E-state index in [1.807, 2.05) is 24.3 Å². The summed E-state index contributed by atoms with van der Waals surface area (Å²) in [5.41, 5.74) is 1.74. The Morgan fingerprint density at radius 3 is 2.73 bits per heavy atom. The second-order valence-electron chi connectivity index (χ2n) is 5.33. The highest BCUT2D eigenvalue weighted by molar-refractivity contribution is 5.72. The van der Waals surface area contributed by atoms with Gasteiger partial charge in [0.25, 0.3) is 0 Å². The topological polar surface area (TPSA) is 79.1 Å². The average molecular weight is 302 g/mol. The minimum atomic E-state index is -0.218. The van der Waals surface area contributed by atoms with E-state index in [-0.39, 0.29) is 24.6 Å². The van der Waals surface area contributed by atoms with Crippen LogP contribution in [0.25, 0.3) is 5.69 Å². The van der Waals surface area contributed by atoms with Crippen LogP contribution in [0.5, 0.6) is 0 Å². The molecule has 0 bridgehead atoms. The Bertz CT molecular complexity index is 612. The van der Waals surface area contributed by atoms with Gasteiger partial charge in [0.05, 0.1) is 18.2 Å². The molecule has 0 aliphatic heterocycles. The molecule has 1 fully saturated rings. The van der Waals surface area contributed by atoms with Crippen molar-refractivity contribution in [1.82, 2.24) is 20.2 Å². The maximum atomic E-state index is 12.0. The Hall–Kier alpha value is -2.28. The summed E-state index contributed by atoms with van der Waals surface area (Å²) >= 11 is 0. The molecule has 2 aromatic rings. The number of ether oxygens (including phenoxy) is 2. The molecule has 0 unspecified atom stereocenters. The Morgan fingerprint density at radius 1 is 1.27 bits per heavy atom. The maximum absolute atomic E-state index is 12.0. The number of carbonyl (C=O) groups is 1. The van der Waals surface area contributed by atoms with E-state index in [2.05, 4.69) is 15.5 Å². The van der Waals surface area contributed by atoms with Crippen LogP contribution in [0.4, 0.5) is 0 Å². The maximum Gasteiger partial charge on any atom is 0.310 e. The predicted octanol–water partition coefficient (Wildman–Crippen LogP) is 1.32. The third kappa shape index (κ3) is 3.30. The zero-order valence-electron chi connectivity index (χ0n) is 12.4. The molecule has 1 aliphatic rings. The van der Waals surface area contributed by atoms with Gasteiger partial charge in [-0.05, 0) is 47.4 Å². The number of hydrogen-bond acceptors (Lipinski definition) is 6. The largest absolute Gasteiger partial charge is 0.459 e. The van der Waals surface area contributed by atoms with Gasteiger partial charge >= 0.3 is 5.97 Å². The van der Waals surface area contributed by atoms with Crippen molar-refractivity contribution < 1.29 is 14.3 Å². The minimum absolute atomic E-state index is 0.0335. The van der Waals surface area contributed by atoms with E-state index in [9.17, 15) is 4.79 Å². The lowest BCUT2D eigenvalue weighted by atomic mass is 10.1. The Morgan fingerprint density at radius 2 is 2.05 bits per heavy atom. The van der Waals surface area contributed by atoms with Crippen LogP contribution < -0.4 is 0 Å². The summed E-state index contributed by atoms with van der Waals surface area (Å²) < 4.78 is 12.4. The smallest absolute Gasteiger partial charge is 0.310 e. The number of methoxy groups -OCH3 is 1. The Kier molecular flexibility index (Phi) is 4.43. The van der Waals surface area contributed by atoms with Gasteiger partial charge in [-0.15, -0.1) is 5.10 Å². The van der Waals surface area contributed by atoms with Crippen LogP contribution in [-0.4, -0.2) is 45.5 Å². The molecule has 116 valence electrons. The first-order valence-electron chi connectivity index (χ1n) is 7.31. The van der Waals surface area contributed by atoms with Crippen molar-refractivity contribution in [2.24, 2.45) is 0 Å². The van der Waals surface area contributed by atoms with Crippen molar-refractivity contribution in [3.63, 3.8) is 0 Å². The van der Waals surface area contributed by atoms with E-state index in [4.69, 9.17) is 9.47 Å². The normalized spacial score (nSPS) is 21.0. The molecule has 1 aliphatic carbocycles. The van der Waals surface area contributed by atoms with Gasteiger partial charge in [0.1, 0.15) is 12.4 Å². The molecular formula is C15H18N4O3. The summed E-state index contributed by atoms with van der Waals surface area (Å²) in [6.07, 6.45) is 4.57. The molecule has 1 saturated carbocycles. The number of hydrogen-bond donors (Lipinski definition) is 0. The zero-order chi connectivity index (χ0) is 15.4.